The van der Waals surface area contributed by atoms with Crippen molar-refractivity contribution in [1.82, 2.24) is 0 Å². The summed E-state index contributed by atoms with van der Waals surface area (Å²) in [4.78, 5) is 0. The van der Waals surface area contributed by atoms with Gasteiger partial charge in [0, 0.05) is 17.7 Å². The van der Waals surface area contributed by atoms with E-state index in [1.54, 1.807) is 0 Å². The highest BCUT2D eigenvalue weighted by Gasteiger charge is 2.51. The van der Waals surface area contributed by atoms with Crippen LogP contribution in [-0.2, 0) is 0 Å². The van der Waals surface area contributed by atoms with E-state index in [-0.39, 0.29) is 30.1 Å². The molecule has 2 rings (SSSR count). The van der Waals surface area contributed by atoms with Crippen LogP contribution in [0.1, 0.15) is 12.8 Å². The molecule has 4 heteroatoms. The zero-order chi connectivity index (χ0) is 13.4. The Bertz CT molecular complexity index is 449. The molecule has 1 aromatic carbocycles. The minimum Gasteiger partial charge on any atom is -0.396 e. The van der Waals surface area contributed by atoms with Crippen molar-refractivity contribution in [3.05, 3.63) is 42.5 Å². The van der Waals surface area contributed by atoms with Crippen molar-refractivity contribution < 1.29 is 5.11 Å². The fraction of sp³-hybridized carbons (Fsp3) is 0.467. The first-order valence-corrected chi connectivity index (χ1v) is 9.58. The SMILES string of the molecule is C=C1C(CO)CCC1(N)[Si](C)(C)c1ccccc1.Cl. The second-order valence-electron chi connectivity index (χ2n) is 5.91. The van der Waals surface area contributed by atoms with Gasteiger partial charge in [-0.25, -0.2) is 0 Å². The van der Waals surface area contributed by atoms with Gasteiger partial charge in [-0.1, -0.05) is 60.8 Å². The van der Waals surface area contributed by atoms with Crippen LogP contribution in [0.4, 0.5) is 0 Å². The number of halogens is 1. The summed E-state index contributed by atoms with van der Waals surface area (Å²) >= 11 is 0. The van der Waals surface area contributed by atoms with Gasteiger partial charge in [-0.2, -0.15) is 0 Å². The molecule has 0 aliphatic heterocycles. The first-order chi connectivity index (χ1) is 8.43. The lowest BCUT2D eigenvalue weighted by Gasteiger charge is -2.41. The number of nitrogens with two attached hydrogens (primary N) is 1. The second-order valence-corrected chi connectivity index (χ2v) is 10.6. The lowest BCUT2D eigenvalue weighted by atomic mass is 10.0. The van der Waals surface area contributed by atoms with Crippen LogP contribution in [0.15, 0.2) is 42.5 Å². The molecule has 1 aliphatic rings. The van der Waals surface area contributed by atoms with Crippen molar-refractivity contribution in [2.24, 2.45) is 11.7 Å². The molecule has 106 valence electrons. The fourth-order valence-corrected chi connectivity index (χ4v) is 6.45. The van der Waals surface area contributed by atoms with Gasteiger partial charge in [0.05, 0.1) is 0 Å². The zero-order valence-corrected chi connectivity index (χ0v) is 13.5. The van der Waals surface area contributed by atoms with Crippen LogP contribution in [0.25, 0.3) is 0 Å². The molecule has 0 aromatic heterocycles. The number of benzene rings is 1. The first-order valence-electron chi connectivity index (χ1n) is 6.58. The highest BCUT2D eigenvalue weighted by Crippen LogP contribution is 2.42. The molecule has 0 bridgehead atoms. The maximum Gasteiger partial charge on any atom is 0.107 e. The Balaban J connectivity index is 0.00000180. The van der Waals surface area contributed by atoms with E-state index in [1.807, 2.05) is 6.07 Å². The molecule has 2 unspecified atom stereocenters. The van der Waals surface area contributed by atoms with Crippen LogP contribution in [0.3, 0.4) is 0 Å². The third kappa shape index (κ3) is 2.52. The quantitative estimate of drug-likeness (QED) is 0.664. The summed E-state index contributed by atoms with van der Waals surface area (Å²) in [6, 6.07) is 10.6. The van der Waals surface area contributed by atoms with Gasteiger partial charge >= 0.3 is 0 Å². The monoisotopic (exact) mass is 297 g/mol. The van der Waals surface area contributed by atoms with Crippen molar-refractivity contribution in [3.63, 3.8) is 0 Å². The summed E-state index contributed by atoms with van der Waals surface area (Å²) < 4.78 is 0. The average molecular weight is 298 g/mol. The molecule has 1 saturated carbocycles. The smallest absolute Gasteiger partial charge is 0.107 e. The van der Waals surface area contributed by atoms with E-state index in [2.05, 4.69) is 43.9 Å². The minimum absolute atomic E-state index is 0. The van der Waals surface area contributed by atoms with Gasteiger partial charge in [0.25, 0.3) is 0 Å². The van der Waals surface area contributed by atoms with Crippen molar-refractivity contribution in [1.29, 1.82) is 0 Å². The molecule has 2 nitrogen and oxygen atoms in total. The Morgan fingerprint density at radius 2 is 1.95 bits per heavy atom. The Morgan fingerprint density at radius 1 is 1.37 bits per heavy atom. The Morgan fingerprint density at radius 3 is 2.42 bits per heavy atom. The molecule has 19 heavy (non-hydrogen) atoms. The maximum atomic E-state index is 9.40. The average Bonchev–Trinajstić information content (AvgIpc) is 2.68. The Hall–Kier alpha value is -0.613. The third-order valence-corrected chi connectivity index (χ3v) is 9.36. The summed E-state index contributed by atoms with van der Waals surface area (Å²) in [6.07, 6.45) is 1.92. The Kier molecular flexibility index (Phi) is 5.01. The predicted octanol–water partition coefficient (Wildman–Crippen LogP) is 2.22. The van der Waals surface area contributed by atoms with Gasteiger partial charge in [0.2, 0.25) is 0 Å². The molecular weight excluding hydrogens is 274 g/mol. The van der Waals surface area contributed by atoms with Crippen LogP contribution >= 0.6 is 12.4 Å². The number of hydrogen-bond donors (Lipinski definition) is 2. The molecule has 0 amide bonds. The van der Waals surface area contributed by atoms with Gasteiger partial charge in [0.15, 0.2) is 0 Å². The van der Waals surface area contributed by atoms with Gasteiger partial charge < -0.3 is 10.8 Å². The van der Waals surface area contributed by atoms with E-state index >= 15 is 0 Å². The standard InChI is InChI=1S/C15H23NOSi.ClH/c1-12-13(11-17)9-10-15(12,16)18(2,3)14-7-5-4-6-8-14;/h4-8,13,17H,1,9-11,16H2,2-3H3;1H. The van der Waals surface area contributed by atoms with Crippen molar-refractivity contribution in [2.45, 2.75) is 31.1 Å². The van der Waals surface area contributed by atoms with Crippen molar-refractivity contribution in [3.8, 4) is 0 Å². The van der Waals surface area contributed by atoms with Crippen LogP contribution in [-0.4, -0.2) is 24.9 Å². The summed E-state index contributed by atoms with van der Waals surface area (Å²) in [5, 5.41) is 10.5. The van der Waals surface area contributed by atoms with E-state index in [0.29, 0.717) is 0 Å². The van der Waals surface area contributed by atoms with E-state index in [0.717, 1.165) is 18.4 Å². The normalized spacial score (nSPS) is 27.2. The Labute approximate surface area is 123 Å². The van der Waals surface area contributed by atoms with E-state index in [4.69, 9.17) is 5.73 Å². The summed E-state index contributed by atoms with van der Waals surface area (Å²) in [6.45, 7) is 9.00. The molecule has 0 radical (unpaired) electrons. The maximum absolute atomic E-state index is 9.40. The topological polar surface area (TPSA) is 46.2 Å². The predicted molar refractivity (Wildman–Crippen MR) is 86.7 cm³/mol. The highest BCUT2D eigenvalue weighted by molar-refractivity contribution is 6.93. The van der Waals surface area contributed by atoms with Crippen LogP contribution in [0.5, 0.6) is 0 Å². The number of aliphatic hydroxyl groups is 1. The zero-order valence-electron chi connectivity index (χ0n) is 11.7. The van der Waals surface area contributed by atoms with Crippen LogP contribution in [0, 0.1) is 5.92 Å². The fourth-order valence-electron chi connectivity index (χ4n) is 3.13. The summed E-state index contributed by atoms with van der Waals surface area (Å²) in [5.74, 6) is 0.186. The van der Waals surface area contributed by atoms with Gasteiger partial charge in [0.1, 0.15) is 8.07 Å². The van der Waals surface area contributed by atoms with Crippen LogP contribution in [0.2, 0.25) is 13.1 Å². The number of hydrogen-bond acceptors (Lipinski definition) is 2. The lowest BCUT2D eigenvalue weighted by Crippen LogP contribution is -2.67. The van der Waals surface area contributed by atoms with E-state index < -0.39 is 8.07 Å². The molecule has 0 spiro atoms. The molecule has 1 aliphatic carbocycles. The van der Waals surface area contributed by atoms with Crippen LogP contribution < -0.4 is 10.9 Å². The van der Waals surface area contributed by atoms with Gasteiger partial charge in [-0.15, -0.1) is 12.4 Å². The first kappa shape index (κ1) is 16.4. The van der Waals surface area contributed by atoms with E-state index in [1.165, 1.54) is 5.19 Å². The largest absolute Gasteiger partial charge is 0.396 e. The van der Waals surface area contributed by atoms with Gasteiger partial charge in [-0.3, -0.25) is 0 Å². The summed E-state index contributed by atoms with van der Waals surface area (Å²) in [5.41, 5.74) is 7.79. The summed E-state index contributed by atoms with van der Waals surface area (Å²) in [7, 11) is -1.82. The number of rotatable bonds is 3. The third-order valence-electron chi connectivity index (χ3n) is 4.78. The molecule has 1 fully saturated rings. The molecule has 2 atom stereocenters. The highest BCUT2D eigenvalue weighted by atomic mass is 35.5. The molecule has 1 aromatic rings. The second kappa shape index (κ2) is 5.79. The van der Waals surface area contributed by atoms with E-state index in [9.17, 15) is 5.11 Å². The van der Waals surface area contributed by atoms with Crippen molar-refractivity contribution in [2.75, 3.05) is 6.61 Å². The minimum atomic E-state index is -1.82. The van der Waals surface area contributed by atoms with Crippen molar-refractivity contribution >= 4 is 25.7 Å². The lowest BCUT2D eigenvalue weighted by molar-refractivity contribution is 0.249. The van der Waals surface area contributed by atoms with Gasteiger partial charge in [-0.05, 0) is 12.8 Å². The molecule has 0 saturated heterocycles. The molecule has 3 N–H and O–H groups in total. The molecular formula is C15H24ClNOSi. The number of aliphatic hydroxyl groups excluding tert-OH is 1. The molecule has 0 heterocycles.